The third-order valence-corrected chi connectivity index (χ3v) is 13.7. The van der Waals surface area contributed by atoms with Gasteiger partial charge < -0.3 is 9.13 Å². The minimum atomic E-state index is 1.13. The lowest BCUT2D eigenvalue weighted by molar-refractivity contribution is 1.18. The zero-order chi connectivity index (χ0) is 51.0. The monoisotopic (exact) mass is 954 g/mol. The summed E-state index contributed by atoms with van der Waals surface area (Å²) < 4.78 is 4.94. The summed E-state index contributed by atoms with van der Waals surface area (Å²) in [7, 11) is 0. The molecule has 74 heavy (non-hydrogen) atoms. The maximum absolute atomic E-state index is 2.48. The standard InChI is InChI=1S/C66H44N2.3C2H6/c1-7-19-45(20-8-1)48-31-35-56(36-32-48)68-64-38-34-52(40-60(64)62-44-54(47-23-11-3-12-24-47)42-58(66(62)68)50-27-15-5-16-28-50)51-33-37-63-59(39-51)61-43-53(46-21-9-2-10-22-46)41-57(49-25-13-4-14-26-49)65(61)67(63)55-29-17-6-18-30-55;3*1-2/h1-44H;3*1-2H3. The molecular formula is C72H62N2. The molecule has 0 amide bonds. The number of nitrogens with zero attached hydrogens (tertiary/aromatic N) is 2. The van der Waals surface area contributed by atoms with Gasteiger partial charge in [0.05, 0.1) is 22.1 Å². The van der Waals surface area contributed by atoms with Crippen molar-refractivity contribution < 1.29 is 0 Å². The molecule has 2 heteroatoms. The van der Waals surface area contributed by atoms with Crippen LogP contribution in [-0.4, -0.2) is 9.13 Å². The Hall–Kier alpha value is -8.98. The molecule has 0 aliphatic carbocycles. The van der Waals surface area contributed by atoms with Gasteiger partial charge in [0.1, 0.15) is 0 Å². The maximum atomic E-state index is 2.48. The number of aromatic nitrogens is 2. The van der Waals surface area contributed by atoms with E-state index in [9.17, 15) is 0 Å². The molecule has 11 aromatic carbocycles. The SMILES string of the molecule is CC.CC.CC.c1ccc(-c2ccc(-n3c4ccc(-c5ccc6c(c5)c5cc(-c7ccccc7)cc(-c7ccccc7)c5n6-c5ccccc5)cc4c4cc(-c5ccccc5)cc(-c5ccccc5)c43)cc2)cc1. The Morgan fingerprint density at radius 1 is 0.203 bits per heavy atom. The summed E-state index contributed by atoms with van der Waals surface area (Å²) in [5.74, 6) is 0. The summed E-state index contributed by atoms with van der Waals surface area (Å²) in [5, 5.41) is 4.87. The van der Waals surface area contributed by atoms with Crippen molar-refractivity contribution in [3.63, 3.8) is 0 Å². The first-order valence-corrected chi connectivity index (χ1v) is 26.4. The van der Waals surface area contributed by atoms with E-state index < -0.39 is 0 Å². The zero-order valence-corrected chi connectivity index (χ0v) is 43.3. The second-order valence-electron chi connectivity index (χ2n) is 17.7. The van der Waals surface area contributed by atoms with E-state index in [2.05, 4.69) is 276 Å². The van der Waals surface area contributed by atoms with Crippen LogP contribution in [0, 0.1) is 0 Å². The maximum Gasteiger partial charge on any atom is 0.0619 e. The minimum Gasteiger partial charge on any atom is -0.309 e. The quantitative estimate of drug-likeness (QED) is 0.144. The average molecular weight is 955 g/mol. The number of hydrogen-bond acceptors (Lipinski definition) is 0. The predicted octanol–water partition coefficient (Wildman–Crippen LogP) is 21.0. The fraction of sp³-hybridized carbons (Fsp3) is 0.0833. The van der Waals surface area contributed by atoms with E-state index in [-0.39, 0.29) is 0 Å². The first-order valence-electron chi connectivity index (χ1n) is 26.4. The van der Waals surface area contributed by atoms with Crippen molar-refractivity contribution >= 4 is 43.6 Å². The van der Waals surface area contributed by atoms with Crippen molar-refractivity contribution in [1.82, 2.24) is 9.13 Å². The Morgan fingerprint density at radius 2 is 0.473 bits per heavy atom. The number of benzene rings is 11. The molecular weight excluding hydrogens is 893 g/mol. The molecule has 13 aromatic rings. The van der Waals surface area contributed by atoms with Crippen LogP contribution < -0.4 is 0 Å². The molecule has 360 valence electrons. The molecule has 2 heterocycles. The van der Waals surface area contributed by atoms with Crippen LogP contribution >= 0.6 is 0 Å². The van der Waals surface area contributed by atoms with Gasteiger partial charge in [0.2, 0.25) is 0 Å². The molecule has 0 saturated carbocycles. The van der Waals surface area contributed by atoms with Crippen LogP contribution in [-0.2, 0) is 0 Å². The molecule has 0 spiro atoms. The Bertz CT molecular complexity index is 3950. The lowest BCUT2D eigenvalue weighted by Crippen LogP contribution is -1.96. The van der Waals surface area contributed by atoms with Gasteiger partial charge in [-0.15, -0.1) is 0 Å². The topological polar surface area (TPSA) is 9.86 Å². The lowest BCUT2D eigenvalue weighted by Gasteiger charge is -2.14. The van der Waals surface area contributed by atoms with Gasteiger partial charge in [-0.2, -0.15) is 0 Å². The molecule has 13 rings (SSSR count). The van der Waals surface area contributed by atoms with Crippen molar-refractivity contribution in [1.29, 1.82) is 0 Å². The van der Waals surface area contributed by atoms with Crippen molar-refractivity contribution in [2.45, 2.75) is 41.5 Å². The van der Waals surface area contributed by atoms with Crippen LogP contribution in [0.1, 0.15) is 41.5 Å². The molecule has 0 unspecified atom stereocenters. The summed E-state index contributed by atoms with van der Waals surface area (Å²) in [6, 6.07) is 97.5. The zero-order valence-electron chi connectivity index (χ0n) is 43.3. The number of rotatable bonds is 8. The van der Waals surface area contributed by atoms with E-state index in [0.29, 0.717) is 0 Å². The molecule has 0 N–H and O–H groups in total. The molecule has 0 atom stereocenters. The van der Waals surface area contributed by atoms with E-state index in [0.717, 1.165) is 11.4 Å². The lowest BCUT2D eigenvalue weighted by atomic mass is 9.94. The highest BCUT2D eigenvalue weighted by atomic mass is 15.0. The largest absolute Gasteiger partial charge is 0.309 e. The summed E-state index contributed by atoms with van der Waals surface area (Å²) in [6.45, 7) is 12.0. The summed E-state index contributed by atoms with van der Waals surface area (Å²) in [5.41, 5.74) is 21.3. The van der Waals surface area contributed by atoms with Gasteiger partial charge in [-0.25, -0.2) is 0 Å². The van der Waals surface area contributed by atoms with Gasteiger partial charge in [-0.3, -0.25) is 0 Å². The van der Waals surface area contributed by atoms with Crippen LogP contribution in [0.15, 0.2) is 267 Å². The fourth-order valence-electron chi connectivity index (χ4n) is 10.5. The van der Waals surface area contributed by atoms with Gasteiger partial charge in [0, 0.05) is 44.0 Å². The third kappa shape index (κ3) is 9.12. The second kappa shape index (κ2) is 22.2. The van der Waals surface area contributed by atoms with Crippen molar-refractivity contribution in [3.05, 3.63) is 267 Å². The van der Waals surface area contributed by atoms with Crippen LogP contribution in [0.3, 0.4) is 0 Å². The van der Waals surface area contributed by atoms with Gasteiger partial charge in [0.25, 0.3) is 0 Å². The van der Waals surface area contributed by atoms with E-state index in [1.165, 1.54) is 110 Å². The summed E-state index contributed by atoms with van der Waals surface area (Å²) in [6.07, 6.45) is 0. The predicted molar refractivity (Wildman–Crippen MR) is 322 cm³/mol. The highest BCUT2D eigenvalue weighted by molar-refractivity contribution is 6.18. The Morgan fingerprint density at radius 3 is 0.838 bits per heavy atom. The smallest absolute Gasteiger partial charge is 0.0619 e. The van der Waals surface area contributed by atoms with Crippen LogP contribution in [0.2, 0.25) is 0 Å². The van der Waals surface area contributed by atoms with E-state index >= 15 is 0 Å². The normalized spacial score (nSPS) is 10.8. The summed E-state index contributed by atoms with van der Waals surface area (Å²) >= 11 is 0. The summed E-state index contributed by atoms with van der Waals surface area (Å²) in [4.78, 5) is 0. The molecule has 2 nitrogen and oxygen atoms in total. The van der Waals surface area contributed by atoms with Gasteiger partial charge >= 0.3 is 0 Å². The molecule has 0 aliphatic heterocycles. The van der Waals surface area contributed by atoms with E-state index in [4.69, 9.17) is 0 Å². The van der Waals surface area contributed by atoms with Gasteiger partial charge in [-0.05, 0) is 128 Å². The van der Waals surface area contributed by atoms with Crippen LogP contribution in [0.5, 0.6) is 0 Å². The minimum absolute atomic E-state index is 1.13. The molecule has 0 saturated heterocycles. The Balaban J connectivity index is 0.00000101. The van der Waals surface area contributed by atoms with E-state index in [1.54, 1.807) is 0 Å². The molecule has 0 aliphatic rings. The number of hydrogen-bond donors (Lipinski definition) is 0. The average Bonchev–Trinajstić information content (AvgIpc) is 4.02. The Labute approximate surface area is 437 Å². The van der Waals surface area contributed by atoms with Gasteiger partial charge in [-0.1, -0.05) is 236 Å². The fourth-order valence-corrected chi connectivity index (χ4v) is 10.5. The highest BCUT2D eigenvalue weighted by Gasteiger charge is 2.22. The van der Waals surface area contributed by atoms with Crippen LogP contribution in [0.25, 0.3) is 122 Å². The van der Waals surface area contributed by atoms with Crippen molar-refractivity contribution in [2.24, 2.45) is 0 Å². The molecule has 0 fully saturated rings. The molecule has 0 bridgehead atoms. The first kappa shape index (κ1) is 48.6. The Kier molecular flexibility index (Phi) is 14.6. The van der Waals surface area contributed by atoms with Crippen molar-refractivity contribution in [2.75, 3.05) is 0 Å². The number of para-hydroxylation sites is 1. The third-order valence-electron chi connectivity index (χ3n) is 13.7. The number of fused-ring (bicyclic) bond motifs is 6. The van der Waals surface area contributed by atoms with Crippen LogP contribution in [0.4, 0.5) is 0 Å². The van der Waals surface area contributed by atoms with Gasteiger partial charge in [0.15, 0.2) is 0 Å². The molecule has 2 aromatic heterocycles. The van der Waals surface area contributed by atoms with E-state index in [1.807, 2.05) is 41.5 Å². The highest BCUT2D eigenvalue weighted by Crippen LogP contribution is 2.45. The second-order valence-corrected chi connectivity index (χ2v) is 17.7. The molecule has 0 radical (unpaired) electrons. The van der Waals surface area contributed by atoms with Crippen molar-refractivity contribution in [3.8, 4) is 78.1 Å². The first-order chi connectivity index (χ1) is 36.7.